The molecule has 3 rings (SSSR count). The second-order valence-electron chi connectivity index (χ2n) is 6.18. The molecule has 2 amide bonds. The number of hydrogen-bond acceptors (Lipinski definition) is 3. The van der Waals surface area contributed by atoms with Crippen LogP contribution in [0.5, 0.6) is 11.5 Å². The zero-order chi connectivity index (χ0) is 20.1. The van der Waals surface area contributed by atoms with Gasteiger partial charge in [-0.1, -0.05) is 30.3 Å². The number of ether oxygens (including phenoxy) is 1. The number of carbonyl (C=O) groups excluding carboxylic acids is 2. The van der Waals surface area contributed by atoms with Crippen molar-refractivity contribution in [1.29, 1.82) is 0 Å². The zero-order valence-corrected chi connectivity index (χ0v) is 15.1. The largest absolute Gasteiger partial charge is 0.457 e. The van der Waals surface area contributed by atoms with Crippen LogP contribution in [-0.4, -0.2) is 17.2 Å². The van der Waals surface area contributed by atoms with Crippen molar-refractivity contribution in [3.05, 3.63) is 95.1 Å². The van der Waals surface area contributed by atoms with Gasteiger partial charge in [0.05, 0.1) is 6.54 Å². The van der Waals surface area contributed by atoms with Crippen molar-refractivity contribution < 1.29 is 23.1 Å². The molecule has 0 aromatic heterocycles. The van der Waals surface area contributed by atoms with E-state index in [9.17, 15) is 18.4 Å². The van der Waals surface area contributed by atoms with Crippen LogP contribution in [0.4, 0.5) is 8.78 Å². The topological polar surface area (TPSA) is 46.6 Å². The lowest BCUT2D eigenvalue weighted by Gasteiger charge is -2.17. The van der Waals surface area contributed by atoms with E-state index in [-0.39, 0.29) is 18.2 Å². The minimum atomic E-state index is -0.995. The molecule has 0 aliphatic heterocycles. The molecule has 0 unspecified atom stereocenters. The van der Waals surface area contributed by atoms with Crippen molar-refractivity contribution in [3.8, 4) is 11.5 Å². The van der Waals surface area contributed by atoms with Gasteiger partial charge < -0.3 is 4.74 Å². The monoisotopic (exact) mass is 381 g/mol. The minimum absolute atomic E-state index is 0.0993. The van der Waals surface area contributed by atoms with E-state index < -0.39 is 11.6 Å². The molecule has 3 aromatic carbocycles. The van der Waals surface area contributed by atoms with Crippen molar-refractivity contribution in [2.45, 2.75) is 13.5 Å². The lowest BCUT2D eigenvalue weighted by atomic mass is 10.1. The highest BCUT2D eigenvalue weighted by Crippen LogP contribution is 2.24. The molecule has 0 N–H and O–H groups in total. The van der Waals surface area contributed by atoms with Crippen molar-refractivity contribution >= 4 is 12.3 Å². The molecule has 0 fully saturated rings. The average molecular weight is 381 g/mol. The first-order valence-electron chi connectivity index (χ1n) is 8.51. The predicted molar refractivity (Wildman–Crippen MR) is 100.0 cm³/mol. The van der Waals surface area contributed by atoms with Crippen molar-refractivity contribution in [1.82, 2.24) is 4.90 Å². The summed E-state index contributed by atoms with van der Waals surface area (Å²) in [5.41, 5.74) is 1.97. The van der Waals surface area contributed by atoms with Gasteiger partial charge >= 0.3 is 0 Å². The van der Waals surface area contributed by atoms with Gasteiger partial charge in [0.1, 0.15) is 11.5 Å². The summed E-state index contributed by atoms with van der Waals surface area (Å²) in [7, 11) is 0. The summed E-state index contributed by atoms with van der Waals surface area (Å²) in [5, 5.41) is 0. The number of nitrogens with zero attached hydrogens (tertiary/aromatic N) is 1. The van der Waals surface area contributed by atoms with E-state index in [1.807, 2.05) is 6.07 Å². The van der Waals surface area contributed by atoms with Crippen LogP contribution in [0.25, 0.3) is 0 Å². The zero-order valence-electron chi connectivity index (χ0n) is 15.1. The Morgan fingerprint density at radius 2 is 1.64 bits per heavy atom. The highest BCUT2D eigenvalue weighted by molar-refractivity contribution is 6.00. The fraction of sp³-hybridized carbons (Fsp3) is 0.0909. The molecule has 0 aliphatic carbocycles. The molecule has 0 radical (unpaired) electrons. The highest BCUT2D eigenvalue weighted by atomic mass is 19.2. The van der Waals surface area contributed by atoms with Crippen molar-refractivity contribution in [2.24, 2.45) is 0 Å². The smallest absolute Gasteiger partial charge is 0.260 e. The molecule has 0 bridgehead atoms. The van der Waals surface area contributed by atoms with E-state index in [1.54, 1.807) is 49.4 Å². The molecule has 0 saturated heterocycles. The van der Waals surface area contributed by atoms with E-state index in [1.165, 1.54) is 6.07 Å². The number of hydrogen-bond donors (Lipinski definition) is 0. The third-order valence-electron chi connectivity index (χ3n) is 4.17. The van der Waals surface area contributed by atoms with Gasteiger partial charge in [-0.2, -0.15) is 0 Å². The minimum Gasteiger partial charge on any atom is -0.457 e. The summed E-state index contributed by atoms with van der Waals surface area (Å²) in [6.45, 7) is 1.91. The molecule has 28 heavy (non-hydrogen) atoms. The number of amides is 2. The lowest BCUT2D eigenvalue weighted by molar-refractivity contribution is -0.116. The number of carbonyl (C=O) groups is 2. The molecule has 0 saturated carbocycles. The Morgan fingerprint density at radius 3 is 2.29 bits per heavy atom. The molecule has 4 nitrogen and oxygen atoms in total. The van der Waals surface area contributed by atoms with Crippen LogP contribution >= 0.6 is 0 Å². The van der Waals surface area contributed by atoms with Crippen LogP contribution < -0.4 is 4.74 Å². The summed E-state index contributed by atoms with van der Waals surface area (Å²) in [5.74, 6) is -1.75. The quantitative estimate of drug-likeness (QED) is 0.573. The fourth-order valence-electron chi connectivity index (χ4n) is 2.66. The molecule has 0 spiro atoms. The summed E-state index contributed by atoms with van der Waals surface area (Å²) in [6, 6.07) is 16.9. The molecular formula is C22H17F2NO3. The number of benzene rings is 3. The Kier molecular flexibility index (Phi) is 5.79. The predicted octanol–water partition coefficient (Wildman–Crippen LogP) is 4.86. The Balaban J connectivity index is 1.70. The van der Waals surface area contributed by atoms with Gasteiger partial charge in [-0.3, -0.25) is 14.5 Å². The van der Waals surface area contributed by atoms with Gasteiger partial charge in [0.15, 0.2) is 11.6 Å². The van der Waals surface area contributed by atoms with E-state index in [4.69, 9.17) is 4.74 Å². The second kappa shape index (κ2) is 8.43. The van der Waals surface area contributed by atoms with Gasteiger partial charge in [0.2, 0.25) is 6.41 Å². The van der Waals surface area contributed by atoms with Crippen molar-refractivity contribution in [3.63, 3.8) is 0 Å². The Labute approximate surface area is 161 Å². The standard InChI is InChI=1S/C22H17F2NO3/c1-15-4-2-3-5-19(15)22(27)25(14-26)13-16-6-8-17(9-7-16)28-18-10-11-20(23)21(24)12-18/h2-12,14H,13H2,1H3. The lowest BCUT2D eigenvalue weighted by Crippen LogP contribution is -2.29. The average Bonchev–Trinajstić information content (AvgIpc) is 2.70. The van der Waals surface area contributed by atoms with Crippen LogP contribution in [0.15, 0.2) is 66.7 Å². The molecule has 0 atom stereocenters. The van der Waals surface area contributed by atoms with Gasteiger partial charge in [0.25, 0.3) is 5.91 Å². The fourth-order valence-corrected chi connectivity index (χ4v) is 2.66. The van der Waals surface area contributed by atoms with Crippen LogP contribution in [0.2, 0.25) is 0 Å². The van der Waals surface area contributed by atoms with E-state index in [0.29, 0.717) is 23.3 Å². The number of imide groups is 1. The first-order chi connectivity index (χ1) is 13.5. The normalized spacial score (nSPS) is 10.4. The SMILES string of the molecule is Cc1ccccc1C(=O)N(C=O)Cc1ccc(Oc2ccc(F)c(F)c2)cc1. The Hall–Kier alpha value is -3.54. The maximum Gasteiger partial charge on any atom is 0.260 e. The third kappa shape index (κ3) is 4.40. The molecule has 3 aromatic rings. The maximum atomic E-state index is 13.2. The number of halogens is 2. The summed E-state index contributed by atoms with van der Waals surface area (Å²) in [6.07, 6.45) is 0.500. The molecule has 0 heterocycles. The van der Waals surface area contributed by atoms with Crippen LogP contribution in [0, 0.1) is 18.6 Å². The Bertz CT molecular complexity index is 1000. The van der Waals surface area contributed by atoms with Gasteiger partial charge in [-0.25, -0.2) is 8.78 Å². The third-order valence-corrected chi connectivity index (χ3v) is 4.17. The highest BCUT2D eigenvalue weighted by Gasteiger charge is 2.17. The molecule has 0 aliphatic rings. The van der Waals surface area contributed by atoms with Gasteiger partial charge in [0, 0.05) is 11.6 Å². The summed E-state index contributed by atoms with van der Waals surface area (Å²) < 4.78 is 31.7. The number of rotatable bonds is 6. The van der Waals surface area contributed by atoms with Crippen LogP contribution in [0.1, 0.15) is 21.5 Å². The van der Waals surface area contributed by atoms with Gasteiger partial charge in [-0.05, 0) is 48.4 Å². The van der Waals surface area contributed by atoms with Crippen molar-refractivity contribution in [2.75, 3.05) is 0 Å². The first kappa shape index (κ1) is 19.2. The van der Waals surface area contributed by atoms with E-state index >= 15 is 0 Å². The number of aryl methyl sites for hydroxylation is 1. The summed E-state index contributed by atoms with van der Waals surface area (Å²) in [4.78, 5) is 25.1. The molecule has 6 heteroatoms. The molecule has 142 valence electrons. The Morgan fingerprint density at radius 1 is 0.964 bits per heavy atom. The van der Waals surface area contributed by atoms with Crippen LogP contribution in [-0.2, 0) is 11.3 Å². The summed E-state index contributed by atoms with van der Waals surface area (Å²) >= 11 is 0. The van der Waals surface area contributed by atoms with Gasteiger partial charge in [-0.15, -0.1) is 0 Å². The van der Waals surface area contributed by atoms with E-state index in [2.05, 4.69) is 0 Å². The van der Waals surface area contributed by atoms with Crippen LogP contribution in [0.3, 0.4) is 0 Å². The second-order valence-corrected chi connectivity index (χ2v) is 6.18. The first-order valence-corrected chi connectivity index (χ1v) is 8.51. The maximum absolute atomic E-state index is 13.2. The molecular weight excluding hydrogens is 364 g/mol. The van der Waals surface area contributed by atoms with E-state index in [0.717, 1.165) is 22.6 Å².